The van der Waals surface area contributed by atoms with E-state index in [0.717, 1.165) is 22.5 Å². The molecular formula is C25H33ClN6O3. The van der Waals surface area contributed by atoms with Gasteiger partial charge in [0.25, 0.3) is 0 Å². The van der Waals surface area contributed by atoms with E-state index in [1.54, 1.807) is 0 Å². The molecule has 2 aromatic rings. The monoisotopic (exact) mass is 500 g/mol. The molecule has 188 valence electrons. The van der Waals surface area contributed by atoms with Crippen LogP contribution < -0.4 is 31.1 Å². The normalized spacial score (nSPS) is 22.0. The Morgan fingerprint density at radius 3 is 2.74 bits per heavy atom. The van der Waals surface area contributed by atoms with Crippen LogP contribution in [0.1, 0.15) is 38.3 Å². The Bertz CT molecular complexity index is 1060. The Balaban J connectivity index is 1.76. The molecule has 1 fully saturated rings. The summed E-state index contributed by atoms with van der Waals surface area (Å²) in [5.74, 6) is 0.596. The van der Waals surface area contributed by atoms with Gasteiger partial charge in [-0.2, -0.15) is 0 Å². The van der Waals surface area contributed by atoms with Crippen LogP contribution in [-0.2, 0) is 4.79 Å². The van der Waals surface area contributed by atoms with Crippen molar-refractivity contribution in [2.45, 2.75) is 51.8 Å². The van der Waals surface area contributed by atoms with Crippen LogP contribution in [0.5, 0.6) is 5.75 Å². The number of carbonyl (C=O) groups is 1. The zero-order valence-electron chi connectivity index (χ0n) is 20.2. The minimum Gasteiger partial charge on any atom is -0.492 e. The van der Waals surface area contributed by atoms with Crippen molar-refractivity contribution in [3.63, 3.8) is 0 Å². The lowest BCUT2D eigenvalue weighted by molar-refractivity contribution is -0.119. The molecule has 1 amide bonds. The Morgan fingerprint density at radius 1 is 1.26 bits per heavy atom. The number of ether oxygens (including phenoxy) is 1. The molecule has 9 nitrogen and oxygen atoms in total. The summed E-state index contributed by atoms with van der Waals surface area (Å²) in [6, 6.07) is 13.3. The van der Waals surface area contributed by atoms with E-state index < -0.39 is 6.23 Å². The number of carbonyl (C=O) groups excluding carboxylic acids is 1. The zero-order valence-corrected chi connectivity index (χ0v) is 21.0. The third-order valence-electron chi connectivity index (χ3n) is 6.08. The van der Waals surface area contributed by atoms with Crippen LogP contribution in [0.25, 0.3) is 0 Å². The number of aliphatic imine (C=N–C) groups is 1. The minimum atomic E-state index is -0.686. The maximum atomic E-state index is 11.2. The van der Waals surface area contributed by atoms with Gasteiger partial charge in [-0.25, -0.2) is 10.9 Å². The molecule has 4 rings (SSSR count). The van der Waals surface area contributed by atoms with E-state index in [0.29, 0.717) is 36.9 Å². The van der Waals surface area contributed by atoms with Crippen LogP contribution in [0, 0.1) is 0 Å². The van der Waals surface area contributed by atoms with Crippen LogP contribution in [-0.4, -0.2) is 61.0 Å². The Labute approximate surface area is 210 Å². The number of aliphatic hydroxyl groups is 1. The molecule has 2 aliphatic heterocycles. The molecule has 2 aliphatic rings. The number of anilines is 1. The lowest BCUT2D eigenvalue weighted by Crippen LogP contribution is -2.48. The average molecular weight is 501 g/mol. The molecule has 4 unspecified atom stereocenters. The molecule has 1 saturated heterocycles. The first kappa shape index (κ1) is 25.4. The molecular weight excluding hydrogens is 468 g/mol. The van der Waals surface area contributed by atoms with Gasteiger partial charge in [0.2, 0.25) is 5.91 Å². The first-order valence-electron chi connectivity index (χ1n) is 11.9. The molecule has 2 heterocycles. The average Bonchev–Trinajstić information content (AvgIpc) is 3.15. The highest BCUT2D eigenvalue weighted by Gasteiger charge is 2.40. The van der Waals surface area contributed by atoms with Gasteiger partial charge < -0.3 is 20.1 Å². The summed E-state index contributed by atoms with van der Waals surface area (Å²) >= 11 is 6.17. The molecule has 4 atom stereocenters. The number of hydrogen-bond donors (Lipinski definition) is 5. The summed E-state index contributed by atoms with van der Waals surface area (Å²) in [4.78, 5) is 18.6. The van der Waals surface area contributed by atoms with Crippen LogP contribution in [0.3, 0.4) is 0 Å². The van der Waals surface area contributed by atoms with Crippen LogP contribution in [0.2, 0.25) is 5.02 Å². The summed E-state index contributed by atoms with van der Waals surface area (Å²) in [6.45, 7) is 6.97. The smallest absolute Gasteiger partial charge is 0.216 e. The van der Waals surface area contributed by atoms with Gasteiger partial charge in [-0.3, -0.25) is 15.1 Å². The number of hydrogen-bond acceptors (Lipinski definition) is 8. The molecule has 5 N–H and O–H groups in total. The van der Waals surface area contributed by atoms with Gasteiger partial charge in [0.15, 0.2) is 0 Å². The fourth-order valence-electron chi connectivity index (χ4n) is 4.51. The second kappa shape index (κ2) is 11.4. The highest BCUT2D eigenvalue weighted by molar-refractivity contribution is 6.30. The molecule has 2 aromatic carbocycles. The second-order valence-corrected chi connectivity index (χ2v) is 9.12. The van der Waals surface area contributed by atoms with E-state index in [9.17, 15) is 9.90 Å². The largest absolute Gasteiger partial charge is 0.492 e. The number of halogens is 1. The predicted molar refractivity (Wildman–Crippen MR) is 138 cm³/mol. The molecule has 0 spiro atoms. The van der Waals surface area contributed by atoms with Crippen molar-refractivity contribution in [3.8, 4) is 5.75 Å². The van der Waals surface area contributed by atoms with E-state index in [-0.39, 0.29) is 24.3 Å². The highest BCUT2D eigenvalue weighted by Crippen LogP contribution is 2.36. The highest BCUT2D eigenvalue weighted by atomic mass is 35.5. The molecule has 0 radical (unpaired) electrons. The van der Waals surface area contributed by atoms with Gasteiger partial charge >= 0.3 is 0 Å². The standard InChI is InChI=1S/C25H33ClN6O3/c1-4-27-23(34)14-21-25-31-30-15(2)32(25)22-10-9-19(35-12-11-28-16(3)33)13-20(22)24(29-21)17-5-7-18(26)8-6-17/h5-10,13,15,21,23,25,27,30-31,34H,4,11-12,14H2,1-3H3,(H,28,33). The van der Waals surface area contributed by atoms with Crippen LogP contribution in [0.4, 0.5) is 5.69 Å². The number of fused-ring (bicyclic) bond motifs is 3. The molecule has 0 bridgehead atoms. The number of nitrogens with zero attached hydrogens (tertiary/aromatic N) is 2. The summed E-state index contributed by atoms with van der Waals surface area (Å²) in [5, 5.41) is 17.1. The Hall–Kier alpha value is -2.69. The van der Waals surface area contributed by atoms with Crippen molar-refractivity contribution in [2.24, 2.45) is 4.99 Å². The summed E-state index contributed by atoms with van der Waals surface area (Å²) in [6.07, 6.45) is -0.410. The van der Waals surface area contributed by atoms with E-state index >= 15 is 0 Å². The number of aliphatic hydroxyl groups excluding tert-OH is 1. The maximum Gasteiger partial charge on any atom is 0.216 e. The lowest BCUT2D eigenvalue weighted by Gasteiger charge is -2.32. The summed E-state index contributed by atoms with van der Waals surface area (Å²) in [5.41, 5.74) is 10.3. The van der Waals surface area contributed by atoms with E-state index in [1.807, 2.05) is 49.4 Å². The fourth-order valence-corrected chi connectivity index (χ4v) is 4.64. The van der Waals surface area contributed by atoms with Gasteiger partial charge in [-0.1, -0.05) is 30.7 Å². The molecule has 0 saturated carbocycles. The molecule has 0 aromatic heterocycles. The number of rotatable bonds is 9. The van der Waals surface area contributed by atoms with Crippen molar-refractivity contribution >= 4 is 28.9 Å². The number of amides is 1. The van der Waals surface area contributed by atoms with Crippen molar-refractivity contribution < 1.29 is 14.6 Å². The van der Waals surface area contributed by atoms with Crippen molar-refractivity contribution in [3.05, 3.63) is 58.6 Å². The minimum absolute atomic E-state index is 0.00355. The van der Waals surface area contributed by atoms with Crippen molar-refractivity contribution in [1.29, 1.82) is 0 Å². The predicted octanol–water partition coefficient (Wildman–Crippen LogP) is 1.98. The SMILES string of the molecule is CCNC(O)CC1N=C(c2ccc(Cl)cc2)c2cc(OCCNC(C)=O)ccc2N2C(C)NNC12. The Morgan fingerprint density at radius 2 is 2.03 bits per heavy atom. The third kappa shape index (κ3) is 5.94. The van der Waals surface area contributed by atoms with E-state index in [1.165, 1.54) is 6.92 Å². The van der Waals surface area contributed by atoms with Crippen molar-refractivity contribution in [2.75, 3.05) is 24.6 Å². The van der Waals surface area contributed by atoms with Gasteiger partial charge in [0.05, 0.1) is 24.5 Å². The molecule has 0 aliphatic carbocycles. The lowest BCUT2D eigenvalue weighted by atomic mass is 9.99. The maximum absolute atomic E-state index is 11.2. The van der Waals surface area contributed by atoms with Gasteiger partial charge in [-0.05, 0) is 43.8 Å². The summed E-state index contributed by atoms with van der Waals surface area (Å²) in [7, 11) is 0. The van der Waals surface area contributed by atoms with Crippen molar-refractivity contribution in [1.82, 2.24) is 21.5 Å². The van der Waals surface area contributed by atoms with Gasteiger partial charge in [-0.15, -0.1) is 0 Å². The second-order valence-electron chi connectivity index (χ2n) is 8.69. The fraction of sp³-hybridized carbons (Fsp3) is 0.440. The molecule has 10 heteroatoms. The summed E-state index contributed by atoms with van der Waals surface area (Å²) < 4.78 is 5.94. The first-order chi connectivity index (χ1) is 16.9. The zero-order chi connectivity index (χ0) is 24.9. The van der Waals surface area contributed by atoms with Gasteiger partial charge in [0, 0.05) is 35.2 Å². The third-order valence-corrected chi connectivity index (χ3v) is 6.34. The number of benzene rings is 2. The van der Waals surface area contributed by atoms with E-state index in [4.69, 9.17) is 21.3 Å². The van der Waals surface area contributed by atoms with Crippen LogP contribution in [0.15, 0.2) is 47.5 Å². The van der Waals surface area contributed by atoms with Gasteiger partial charge in [0.1, 0.15) is 24.8 Å². The quantitative estimate of drug-likeness (QED) is 0.264. The van der Waals surface area contributed by atoms with Crippen LogP contribution >= 0.6 is 11.6 Å². The topological polar surface area (TPSA) is 110 Å². The molecule has 35 heavy (non-hydrogen) atoms. The van der Waals surface area contributed by atoms with E-state index in [2.05, 4.69) is 33.3 Å². The Kier molecular flexibility index (Phi) is 8.25. The number of hydrazine groups is 1. The first-order valence-corrected chi connectivity index (χ1v) is 12.3. The number of nitrogens with one attached hydrogen (secondary N) is 4.